The Hall–Kier alpha value is -0.0831. The van der Waals surface area contributed by atoms with Gasteiger partial charge in [0.25, 0.3) is 0 Å². The summed E-state index contributed by atoms with van der Waals surface area (Å²) >= 11 is 0. The minimum absolute atomic E-state index is 0.745. The molecule has 0 saturated heterocycles. The third kappa shape index (κ3) is 2.23. The van der Waals surface area contributed by atoms with Gasteiger partial charge in [-0.15, -0.1) is 6.58 Å². The summed E-state index contributed by atoms with van der Waals surface area (Å²) in [5.74, 6) is 0. The van der Waals surface area contributed by atoms with E-state index in [-0.39, 0.29) is 0 Å². The normalized spacial score (nSPS) is 18.8. The summed E-state index contributed by atoms with van der Waals surface area (Å²) in [4.78, 5) is 0. The van der Waals surface area contributed by atoms with Crippen LogP contribution in [-0.4, -0.2) is 26.9 Å². The molecule has 0 saturated carbocycles. The van der Waals surface area contributed by atoms with Gasteiger partial charge >= 0.3 is 0 Å². The molecule has 0 aliphatic carbocycles. The average Bonchev–Trinajstić information content (AvgIpc) is 2.04. The van der Waals surface area contributed by atoms with Crippen molar-refractivity contribution in [1.82, 2.24) is 4.57 Å². The van der Waals surface area contributed by atoms with Crippen molar-refractivity contribution in [2.24, 2.45) is 0 Å². The Morgan fingerprint density at radius 1 is 1.31 bits per heavy atom. The van der Waals surface area contributed by atoms with Crippen LogP contribution >= 0.6 is 0 Å². The number of hydrogen-bond donors (Lipinski definition) is 0. The summed E-state index contributed by atoms with van der Waals surface area (Å²) in [6.45, 7) is 13.4. The topological polar surface area (TPSA) is 3.24 Å². The van der Waals surface area contributed by atoms with Crippen molar-refractivity contribution in [3.05, 3.63) is 12.3 Å². The lowest BCUT2D eigenvalue weighted by molar-refractivity contribution is 0.568. The fourth-order valence-electron chi connectivity index (χ4n) is 2.47. The SMILES string of the molecule is C=C[Si](C(C)C)(C(C)CC)N(C)C. The van der Waals surface area contributed by atoms with E-state index in [2.05, 4.69) is 58.6 Å². The van der Waals surface area contributed by atoms with Crippen molar-refractivity contribution >= 4 is 8.24 Å². The molecule has 0 rings (SSSR count). The zero-order valence-electron chi connectivity index (χ0n) is 10.1. The lowest BCUT2D eigenvalue weighted by Crippen LogP contribution is -2.53. The van der Waals surface area contributed by atoms with Gasteiger partial charge < -0.3 is 4.57 Å². The van der Waals surface area contributed by atoms with Gasteiger partial charge in [0.1, 0.15) is 0 Å². The minimum atomic E-state index is -1.43. The van der Waals surface area contributed by atoms with Gasteiger partial charge in [-0.1, -0.05) is 39.8 Å². The fraction of sp³-hybridized carbons (Fsp3) is 0.818. The molecule has 0 bridgehead atoms. The van der Waals surface area contributed by atoms with Gasteiger partial charge in [-0.3, -0.25) is 0 Å². The van der Waals surface area contributed by atoms with Crippen LogP contribution < -0.4 is 0 Å². The molecule has 0 radical (unpaired) electrons. The van der Waals surface area contributed by atoms with E-state index in [0.29, 0.717) is 0 Å². The summed E-state index contributed by atoms with van der Waals surface area (Å²) in [5.41, 5.74) is 3.79. The van der Waals surface area contributed by atoms with Crippen LogP contribution in [0.3, 0.4) is 0 Å². The molecule has 0 fully saturated rings. The molecule has 0 spiro atoms. The maximum Gasteiger partial charge on any atom is 0.157 e. The number of hydrogen-bond acceptors (Lipinski definition) is 1. The second-order valence-corrected chi connectivity index (χ2v) is 9.67. The first kappa shape index (κ1) is 12.9. The largest absolute Gasteiger partial charge is 0.326 e. The lowest BCUT2D eigenvalue weighted by Gasteiger charge is -2.43. The van der Waals surface area contributed by atoms with E-state index in [0.717, 1.165) is 11.1 Å². The van der Waals surface area contributed by atoms with Gasteiger partial charge in [0.15, 0.2) is 8.24 Å². The van der Waals surface area contributed by atoms with Crippen LogP contribution in [0.2, 0.25) is 11.1 Å². The molecule has 0 aromatic rings. The molecule has 78 valence electrons. The summed E-state index contributed by atoms with van der Waals surface area (Å²) < 4.78 is 2.44. The van der Waals surface area contributed by atoms with Crippen LogP contribution in [0.5, 0.6) is 0 Å². The van der Waals surface area contributed by atoms with Crippen molar-refractivity contribution in [3.8, 4) is 0 Å². The molecule has 0 aliphatic rings. The molecule has 2 heteroatoms. The van der Waals surface area contributed by atoms with Crippen molar-refractivity contribution < 1.29 is 0 Å². The Balaban J connectivity index is 4.97. The zero-order chi connectivity index (χ0) is 10.6. The first-order chi connectivity index (χ1) is 5.93. The van der Waals surface area contributed by atoms with Crippen LogP contribution in [0.25, 0.3) is 0 Å². The van der Waals surface area contributed by atoms with E-state index >= 15 is 0 Å². The minimum Gasteiger partial charge on any atom is -0.326 e. The Kier molecular flexibility index (Phi) is 4.93. The van der Waals surface area contributed by atoms with Crippen molar-refractivity contribution in [1.29, 1.82) is 0 Å². The van der Waals surface area contributed by atoms with Gasteiger partial charge in [-0.25, -0.2) is 0 Å². The Bertz CT molecular complexity index is 155. The standard InChI is InChI=1S/C11H25NSi/c1-8-11(5)13(9-2,10(3)4)12(6)7/h9-11H,2,8H2,1,3-7H3. The molecule has 1 nitrogen and oxygen atoms in total. The molecule has 13 heavy (non-hydrogen) atoms. The van der Waals surface area contributed by atoms with Gasteiger partial charge in [0, 0.05) is 0 Å². The summed E-state index contributed by atoms with van der Waals surface area (Å²) in [7, 11) is 2.99. The Labute approximate surface area is 84.9 Å². The summed E-state index contributed by atoms with van der Waals surface area (Å²) in [6, 6.07) is 0. The van der Waals surface area contributed by atoms with Crippen LogP contribution in [0, 0.1) is 0 Å². The predicted molar refractivity (Wildman–Crippen MR) is 64.5 cm³/mol. The van der Waals surface area contributed by atoms with E-state index in [1.54, 1.807) is 0 Å². The summed E-state index contributed by atoms with van der Waals surface area (Å²) in [5, 5.41) is 0. The fourth-order valence-corrected chi connectivity index (χ4v) is 7.42. The summed E-state index contributed by atoms with van der Waals surface area (Å²) in [6.07, 6.45) is 1.26. The highest BCUT2D eigenvalue weighted by molar-refractivity contribution is 6.84. The molecule has 2 unspecified atom stereocenters. The molecular formula is C11H25NSi. The lowest BCUT2D eigenvalue weighted by atomic mass is 10.4. The maximum absolute atomic E-state index is 4.06. The molecule has 0 heterocycles. The third-order valence-corrected chi connectivity index (χ3v) is 9.47. The highest BCUT2D eigenvalue weighted by Crippen LogP contribution is 2.36. The smallest absolute Gasteiger partial charge is 0.157 e. The highest BCUT2D eigenvalue weighted by Gasteiger charge is 2.40. The van der Waals surface area contributed by atoms with Crippen molar-refractivity contribution in [2.75, 3.05) is 14.1 Å². The van der Waals surface area contributed by atoms with Crippen molar-refractivity contribution in [3.63, 3.8) is 0 Å². The number of nitrogens with zero attached hydrogens (tertiary/aromatic N) is 1. The molecular weight excluding hydrogens is 174 g/mol. The highest BCUT2D eigenvalue weighted by atomic mass is 28.3. The van der Waals surface area contributed by atoms with Gasteiger partial charge in [0.2, 0.25) is 0 Å². The monoisotopic (exact) mass is 199 g/mol. The van der Waals surface area contributed by atoms with E-state index < -0.39 is 8.24 Å². The molecule has 0 amide bonds. The molecule has 0 aromatic carbocycles. The van der Waals surface area contributed by atoms with Crippen LogP contribution in [0.4, 0.5) is 0 Å². The zero-order valence-corrected chi connectivity index (χ0v) is 11.1. The Morgan fingerprint density at radius 2 is 1.77 bits per heavy atom. The molecule has 0 aromatic heterocycles. The van der Waals surface area contributed by atoms with E-state index in [9.17, 15) is 0 Å². The third-order valence-electron chi connectivity index (χ3n) is 3.43. The van der Waals surface area contributed by atoms with Crippen LogP contribution in [-0.2, 0) is 0 Å². The molecule has 0 aliphatic heterocycles. The molecule has 2 atom stereocenters. The quantitative estimate of drug-likeness (QED) is 0.613. The Morgan fingerprint density at radius 3 is 1.85 bits per heavy atom. The van der Waals surface area contributed by atoms with Gasteiger partial charge in [-0.05, 0) is 25.2 Å². The molecule has 0 N–H and O–H groups in total. The van der Waals surface area contributed by atoms with Gasteiger partial charge in [-0.2, -0.15) is 0 Å². The van der Waals surface area contributed by atoms with E-state index in [1.165, 1.54) is 6.42 Å². The maximum atomic E-state index is 4.06. The second kappa shape index (κ2) is 4.96. The van der Waals surface area contributed by atoms with Gasteiger partial charge in [0.05, 0.1) is 0 Å². The van der Waals surface area contributed by atoms with E-state index in [1.807, 2.05) is 0 Å². The second-order valence-electron chi connectivity index (χ2n) is 4.45. The number of rotatable bonds is 5. The first-order valence-electron chi connectivity index (χ1n) is 5.24. The van der Waals surface area contributed by atoms with Crippen LogP contribution in [0.1, 0.15) is 34.1 Å². The van der Waals surface area contributed by atoms with E-state index in [4.69, 9.17) is 0 Å². The first-order valence-corrected chi connectivity index (χ1v) is 7.42. The van der Waals surface area contributed by atoms with Crippen LogP contribution in [0.15, 0.2) is 12.3 Å². The average molecular weight is 199 g/mol. The predicted octanol–water partition coefficient (Wildman–Crippen LogP) is 3.43. The van der Waals surface area contributed by atoms with Crippen molar-refractivity contribution in [2.45, 2.75) is 45.2 Å².